The summed E-state index contributed by atoms with van der Waals surface area (Å²) in [6, 6.07) is 14.0. The predicted octanol–water partition coefficient (Wildman–Crippen LogP) is 3.52. The van der Waals surface area contributed by atoms with Crippen LogP contribution in [-0.2, 0) is 4.79 Å². The third kappa shape index (κ3) is 6.44. The first-order valence-corrected chi connectivity index (χ1v) is 10.2. The van der Waals surface area contributed by atoms with Crippen molar-refractivity contribution in [3.05, 3.63) is 59.9 Å². The molecule has 1 fully saturated rings. The molecule has 7 nitrogen and oxygen atoms in total. The van der Waals surface area contributed by atoms with Crippen molar-refractivity contribution >= 4 is 17.6 Å². The van der Waals surface area contributed by atoms with Crippen LogP contribution in [0.25, 0.3) is 0 Å². The first-order valence-electron chi connectivity index (χ1n) is 10.2. The third-order valence-electron chi connectivity index (χ3n) is 5.09. The molecule has 0 spiro atoms. The van der Waals surface area contributed by atoms with Gasteiger partial charge in [0, 0.05) is 25.3 Å². The van der Waals surface area contributed by atoms with Crippen molar-refractivity contribution in [3.8, 4) is 11.8 Å². The van der Waals surface area contributed by atoms with Crippen LogP contribution in [0.3, 0.4) is 0 Å². The molecule has 1 saturated heterocycles. The Morgan fingerprint density at radius 1 is 1.29 bits per heavy atom. The average Bonchev–Trinajstić information content (AvgIpc) is 2.77. The molecule has 3 amide bonds. The van der Waals surface area contributed by atoms with E-state index in [-0.39, 0.29) is 11.8 Å². The summed E-state index contributed by atoms with van der Waals surface area (Å²) in [5, 5.41) is 14.4. The van der Waals surface area contributed by atoms with E-state index in [1.54, 1.807) is 42.2 Å². The molecule has 0 radical (unpaired) electrons. The van der Waals surface area contributed by atoms with Gasteiger partial charge in [0.05, 0.1) is 11.6 Å². The summed E-state index contributed by atoms with van der Waals surface area (Å²) < 4.78 is 18.9. The first-order chi connectivity index (χ1) is 14.9. The maximum absolute atomic E-state index is 13.2. The van der Waals surface area contributed by atoms with Crippen LogP contribution in [0.1, 0.15) is 25.3 Å². The van der Waals surface area contributed by atoms with Gasteiger partial charge in [-0.2, -0.15) is 5.26 Å². The molecule has 31 heavy (non-hydrogen) atoms. The Balaban J connectivity index is 1.48. The van der Waals surface area contributed by atoms with Gasteiger partial charge in [-0.3, -0.25) is 4.79 Å². The lowest BCUT2D eigenvalue weighted by molar-refractivity contribution is -0.139. The molecular formula is C23H25FN4O3. The van der Waals surface area contributed by atoms with Gasteiger partial charge in [0.1, 0.15) is 11.6 Å². The van der Waals surface area contributed by atoms with Crippen LogP contribution in [0.2, 0.25) is 0 Å². The van der Waals surface area contributed by atoms with Gasteiger partial charge in [0.25, 0.3) is 5.91 Å². The molecule has 1 aliphatic rings. The number of likely N-dealkylation sites (tertiary alicyclic amines) is 1. The number of nitriles is 1. The van der Waals surface area contributed by atoms with Crippen molar-refractivity contribution in [2.24, 2.45) is 5.92 Å². The molecule has 1 heterocycles. The summed E-state index contributed by atoms with van der Waals surface area (Å²) in [7, 11) is 0. The molecule has 0 bridgehead atoms. The number of nitrogens with one attached hydrogen (secondary N) is 2. The zero-order valence-corrected chi connectivity index (χ0v) is 17.3. The van der Waals surface area contributed by atoms with Crippen LogP contribution >= 0.6 is 0 Å². The Bertz CT molecular complexity index is 975. The number of rotatable bonds is 6. The normalized spacial score (nSPS) is 16.7. The van der Waals surface area contributed by atoms with E-state index < -0.39 is 18.0 Å². The first kappa shape index (κ1) is 22.1. The fourth-order valence-electron chi connectivity index (χ4n) is 3.56. The van der Waals surface area contributed by atoms with Gasteiger partial charge in [0.15, 0.2) is 6.10 Å². The molecule has 1 aliphatic heterocycles. The monoisotopic (exact) mass is 424 g/mol. The van der Waals surface area contributed by atoms with Crippen molar-refractivity contribution in [2.45, 2.75) is 25.9 Å². The Morgan fingerprint density at radius 3 is 2.87 bits per heavy atom. The highest BCUT2D eigenvalue weighted by atomic mass is 19.1. The van der Waals surface area contributed by atoms with E-state index in [9.17, 15) is 14.0 Å². The van der Waals surface area contributed by atoms with Crippen LogP contribution in [0.5, 0.6) is 5.75 Å². The number of piperidine rings is 1. The highest BCUT2D eigenvalue weighted by Gasteiger charge is 2.28. The molecule has 8 heteroatoms. The zero-order chi connectivity index (χ0) is 22.2. The zero-order valence-electron chi connectivity index (χ0n) is 17.3. The van der Waals surface area contributed by atoms with Gasteiger partial charge in [-0.15, -0.1) is 0 Å². The number of benzene rings is 2. The van der Waals surface area contributed by atoms with E-state index in [0.29, 0.717) is 36.6 Å². The highest BCUT2D eigenvalue weighted by Crippen LogP contribution is 2.19. The molecule has 0 saturated carbocycles. The summed E-state index contributed by atoms with van der Waals surface area (Å²) in [5.41, 5.74) is 0.849. The van der Waals surface area contributed by atoms with Crippen molar-refractivity contribution < 1.29 is 18.7 Å². The van der Waals surface area contributed by atoms with E-state index in [0.717, 1.165) is 12.8 Å². The SMILES string of the molecule is CC(Oc1cccc(C#N)c1)C(=O)N1CCCC(CNC(=O)Nc2cccc(F)c2)C1. The fraction of sp³-hybridized carbons (Fsp3) is 0.348. The van der Waals surface area contributed by atoms with Gasteiger partial charge in [-0.25, -0.2) is 9.18 Å². The van der Waals surface area contributed by atoms with Crippen molar-refractivity contribution in [3.63, 3.8) is 0 Å². The summed E-state index contributed by atoms with van der Waals surface area (Å²) in [6.45, 7) is 3.25. The van der Waals surface area contributed by atoms with Gasteiger partial charge < -0.3 is 20.3 Å². The standard InChI is InChI=1S/C23H25FN4O3/c1-16(31-21-9-2-5-17(11-21)13-25)22(29)28-10-4-6-18(15-28)14-26-23(30)27-20-8-3-7-19(24)12-20/h2-3,5,7-9,11-12,16,18H,4,6,10,14-15H2,1H3,(H2,26,27,30). The second-order valence-corrected chi connectivity index (χ2v) is 7.54. The number of urea groups is 1. The Kier molecular flexibility index (Phi) is 7.44. The second-order valence-electron chi connectivity index (χ2n) is 7.54. The molecule has 2 unspecified atom stereocenters. The van der Waals surface area contributed by atoms with Crippen LogP contribution in [0.4, 0.5) is 14.9 Å². The van der Waals surface area contributed by atoms with E-state index in [2.05, 4.69) is 10.6 Å². The number of hydrogen-bond acceptors (Lipinski definition) is 4. The molecule has 2 aromatic rings. The number of hydrogen-bond donors (Lipinski definition) is 2. The molecule has 2 aromatic carbocycles. The number of anilines is 1. The van der Waals surface area contributed by atoms with Crippen LogP contribution < -0.4 is 15.4 Å². The van der Waals surface area contributed by atoms with Crippen molar-refractivity contribution in [2.75, 3.05) is 25.0 Å². The maximum atomic E-state index is 13.2. The van der Waals surface area contributed by atoms with Gasteiger partial charge in [-0.05, 0) is 62.1 Å². The van der Waals surface area contributed by atoms with Gasteiger partial charge in [-0.1, -0.05) is 12.1 Å². The predicted molar refractivity (Wildman–Crippen MR) is 114 cm³/mol. The summed E-state index contributed by atoms with van der Waals surface area (Å²) in [4.78, 5) is 26.6. The number of carbonyl (C=O) groups is 2. The number of carbonyl (C=O) groups excluding carboxylic acids is 2. The van der Waals surface area contributed by atoms with E-state index in [1.165, 1.54) is 18.2 Å². The van der Waals surface area contributed by atoms with Gasteiger partial charge in [0.2, 0.25) is 0 Å². The fourth-order valence-corrected chi connectivity index (χ4v) is 3.56. The second kappa shape index (κ2) is 10.4. The lowest BCUT2D eigenvalue weighted by atomic mass is 9.97. The summed E-state index contributed by atoms with van der Waals surface area (Å²) >= 11 is 0. The molecule has 2 N–H and O–H groups in total. The summed E-state index contributed by atoms with van der Waals surface area (Å²) in [5.74, 6) is 0.0421. The minimum Gasteiger partial charge on any atom is -0.481 e. The number of nitrogens with zero attached hydrogens (tertiary/aromatic N) is 2. The van der Waals surface area contributed by atoms with Crippen LogP contribution in [0, 0.1) is 23.1 Å². The van der Waals surface area contributed by atoms with E-state index in [1.807, 2.05) is 6.07 Å². The maximum Gasteiger partial charge on any atom is 0.319 e. The number of halogens is 1. The van der Waals surface area contributed by atoms with E-state index >= 15 is 0 Å². The molecule has 2 atom stereocenters. The molecule has 0 aromatic heterocycles. The number of ether oxygens (including phenoxy) is 1. The molecule has 3 rings (SSSR count). The largest absolute Gasteiger partial charge is 0.481 e. The van der Waals surface area contributed by atoms with E-state index in [4.69, 9.17) is 10.00 Å². The third-order valence-corrected chi connectivity index (χ3v) is 5.09. The molecule has 0 aliphatic carbocycles. The minimum atomic E-state index is -0.683. The Morgan fingerprint density at radius 2 is 2.10 bits per heavy atom. The van der Waals surface area contributed by atoms with Crippen LogP contribution in [0.15, 0.2) is 48.5 Å². The molecule has 162 valence electrons. The Labute approximate surface area is 180 Å². The summed E-state index contributed by atoms with van der Waals surface area (Å²) in [6.07, 6.45) is 1.04. The quantitative estimate of drug-likeness (QED) is 0.742. The Hall–Kier alpha value is -3.60. The lowest BCUT2D eigenvalue weighted by Gasteiger charge is -2.34. The smallest absolute Gasteiger partial charge is 0.319 e. The molecular weight excluding hydrogens is 399 g/mol. The minimum absolute atomic E-state index is 0.116. The van der Waals surface area contributed by atoms with Crippen molar-refractivity contribution in [1.82, 2.24) is 10.2 Å². The topological polar surface area (TPSA) is 94.5 Å². The lowest BCUT2D eigenvalue weighted by Crippen LogP contribution is -2.48. The van der Waals surface area contributed by atoms with Crippen LogP contribution in [-0.4, -0.2) is 42.6 Å². The van der Waals surface area contributed by atoms with Crippen molar-refractivity contribution in [1.29, 1.82) is 5.26 Å². The van der Waals surface area contributed by atoms with Gasteiger partial charge >= 0.3 is 6.03 Å². The highest BCUT2D eigenvalue weighted by molar-refractivity contribution is 5.89. The number of amides is 3. The average molecular weight is 424 g/mol.